The Hall–Kier alpha value is -1.85. The third kappa shape index (κ3) is 5.31. The molecule has 0 atom stereocenters. The molecule has 6 nitrogen and oxygen atoms in total. The average Bonchev–Trinajstić information content (AvgIpc) is 3.24. The molecule has 0 bridgehead atoms. The largest absolute Gasteiger partial charge is 0.460 e. The summed E-state index contributed by atoms with van der Waals surface area (Å²) in [6, 6.07) is 1.91. The van der Waals surface area contributed by atoms with Crippen molar-refractivity contribution < 1.29 is 18.8 Å². The molecular weight excluding hydrogens is 320 g/mol. The zero-order valence-corrected chi connectivity index (χ0v) is 15.3. The van der Waals surface area contributed by atoms with Gasteiger partial charge >= 0.3 is 5.97 Å². The number of hydrogen-bond acceptors (Lipinski definition) is 5. The van der Waals surface area contributed by atoms with Crippen molar-refractivity contribution in [3.05, 3.63) is 17.5 Å². The molecule has 2 saturated carbocycles. The number of ether oxygens (including phenoxy) is 1. The topological polar surface area (TPSA) is 81.4 Å². The summed E-state index contributed by atoms with van der Waals surface area (Å²) in [7, 11) is 0. The number of hydrogen-bond donors (Lipinski definition) is 1. The number of aromatic nitrogens is 1. The van der Waals surface area contributed by atoms with Gasteiger partial charge in [0.1, 0.15) is 11.4 Å². The second-order valence-electron chi connectivity index (χ2n) is 8.37. The predicted molar refractivity (Wildman–Crippen MR) is 92.2 cm³/mol. The molecule has 1 amide bonds. The molecule has 138 valence electrons. The summed E-state index contributed by atoms with van der Waals surface area (Å²) in [5, 5.41) is 6.93. The van der Waals surface area contributed by atoms with Gasteiger partial charge in [0.25, 0.3) is 5.91 Å². The van der Waals surface area contributed by atoms with Crippen molar-refractivity contribution in [1.82, 2.24) is 10.5 Å². The highest BCUT2D eigenvalue weighted by Gasteiger charge is 2.30. The molecule has 0 radical (unpaired) electrons. The van der Waals surface area contributed by atoms with Gasteiger partial charge in [0, 0.05) is 24.4 Å². The maximum Gasteiger partial charge on any atom is 0.306 e. The Labute approximate surface area is 148 Å². The quantitative estimate of drug-likeness (QED) is 0.823. The first-order valence-corrected chi connectivity index (χ1v) is 9.29. The summed E-state index contributed by atoms with van der Waals surface area (Å²) >= 11 is 0. The van der Waals surface area contributed by atoms with E-state index in [0.717, 1.165) is 44.3 Å². The molecule has 1 heterocycles. The van der Waals surface area contributed by atoms with E-state index in [-0.39, 0.29) is 17.9 Å². The van der Waals surface area contributed by atoms with Crippen molar-refractivity contribution in [2.24, 2.45) is 5.92 Å². The Balaban J connectivity index is 1.41. The zero-order valence-electron chi connectivity index (χ0n) is 15.3. The maximum absolute atomic E-state index is 12.3. The van der Waals surface area contributed by atoms with Crippen LogP contribution in [0.5, 0.6) is 0 Å². The summed E-state index contributed by atoms with van der Waals surface area (Å²) in [5.41, 5.74) is -0.0584. The maximum atomic E-state index is 12.3. The lowest BCUT2D eigenvalue weighted by atomic mass is 9.84. The van der Waals surface area contributed by atoms with Crippen LogP contribution in [0, 0.1) is 5.92 Å². The molecule has 6 heteroatoms. The van der Waals surface area contributed by atoms with E-state index in [9.17, 15) is 9.59 Å². The zero-order chi connectivity index (χ0) is 18.0. The van der Waals surface area contributed by atoms with Crippen LogP contribution in [0.3, 0.4) is 0 Å². The van der Waals surface area contributed by atoms with Crippen molar-refractivity contribution in [3.8, 4) is 0 Å². The van der Waals surface area contributed by atoms with Gasteiger partial charge in [-0.2, -0.15) is 0 Å². The van der Waals surface area contributed by atoms with E-state index in [1.54, 1.807) is 6.07 Å². The van der Waals surface area contributed by atoms with E-state index < -0.39 is 5.60 Å². The van der Waals surface area contributed by atoms with Crippen molar-refractivity contribution in [2.75, 3.05) is 0 Å². The summed E-state index contributed by atoms with van der Waals surface area (Å²) < 4.78 is 10.6. The minimum absolute atomic E-state index is 0.129. The van der Waals surface area contributed by atoms with Gasteiger partial charge in [-0.1, -0.05) is 5.16 Å². The van der Waals surface area contributed by atoms with Crippen LogP contribution in [0.1, 0.15) is 87.9 Å². The Kier molecular flexibility index (Phi) is 5.16. The molecule has 2 aliphatic rings. The van der Waals surface area contributed by atoms with Crippen LogP contribution in [0.25, 0.3) is 0 Å². The van der Waals surface area contributed by atoms with E-state index in [0.29, 0.717) is 24.0 Å². The number of carbonyl (C=O) groups excluding carboxylic acids is 2. The molecule has 0 aliphatic heterocycles. The van der Waals surface area contributed by atoms with Gasteiger partial charge in [-0.15, -0.1) is 0 Å². The highest BCUT2D eigenvalue weighted by molar-refractivity contribution is 5.92. The number of nitrogens with one attached hydrogen (secondary N) is 1. The van der Waals surface area contributed by atoms with Crippen LogP contribution in [0.15, 0.2) is 10.6 Å². The number of amides is 1. The minimum Gasteiger partial charge on any atom is -0.460 e. The van der Waals surface area contributed by atoms with Gasteiger partial charge in [0.05, 0.1) is 0 Å². The van der Waals surface area contributed by atoms with Crippen LogP contribution >= 0.6 is 0 Å². The van der Waals surface area contributed by atoms with Crippen molar-refractivity contribution in [3.63, 3.8) is 0 Å². The number of carbonyl (C=O) groups is 2. The van der Waals surface area contributed by atoms with E-state index in [1.165, 1.54) is 0 Å². The molecule has 0 saturated heterocycles. The van der Waals surface area contributed by atoms with Crippen LogP contribution in [0.2, 0.25) is 0 Å². The van der Waals surface area contributed by atoms with Crippen molar-refractivity contribution in [2.45, 2.75) is 83.3 Å². The lowest BCUT2D eigenvalue weighted by Gasteiger charge is -2.29. The van der Waals surface area contributed by atoms with E-state index in [1.807, 2.05) is 20.8 Å². The number of rotatable bonds is 5. The SMILES string of the molecule is CC(C)(C)OC(=O)CC1CCC(NC(=O)c2cc(C3CC3)on2)CC1. The molecular formula is C19H28N2O4. The standard InChI is InChI=1S/C19H28N2O4/c1-19(2,3)24-17(22)10-12-4-8-14(9-5-12)20-18(23)15-11-16(25-21-15)13-6-7-13/h11-14H,4-10H2,1-3H3,(H,20,23). The molecule has 3 rings (SSSR count). The van der Waals surface area contributed by atoms with Crippen LogP contribution < -0.4 is 5.32 Å². The Morgan fingerprint density at radius 3 is 2.48 bits per heavy atom. The highest BCUT2D eigenvalue weighted by Crippen LogP contribution is 2.40. The normalized spacial score (nSPS) is 24.0. The lowest BCUT2D eigenvalue weighted by Crippen LogP contribution is -2.38. The molecule has 0 unspecified atom stereocenters. The molecule has 2 aliphatic carbocycles. The molecule has 1 N–H and O–H groups in total. The fourth-order valence-electron chi connectivity index (χ4n) is 3.35. The second-order valence-corrected chi connectivity index (χ2v) is 8.37. The number of nitrogens with zero attached hydrogens (tertiary/aromatic N) is 1. The third-order valence-corrected chi connectivity index (χ3v) is 4.80. The first kappa shape index (κ1) is 18.0. The molecule has 0 spiro atoms. The molecule has 0 aromatic carbocycles. The first-order valence-electron chi connectivity index (χ1n) is 9.29. The molecule has 1 aromatic heterocycles. The van der Waals surface area contributed by atoms with Gasteiger partial charge in [0.2, 0.25) is 0 Å². The molecule has 25 heavy (non-hydrogen) atoms. The summed E-state index contributed by atoms with van der Waals surface area (Å²) in [4.78, 5) is 24.2. The third-order valence-electron chi connectivity index (χ3n) is 4.80. The smallest absolute Gasteiger partial charge is 0.306 e. The van der Waals surface area contributed by atoms with Crippen LogP contribution in [-0.4, -0.2) is 28.7 Å². The van der Waals surface area contributed by atoms with Gasteiger partial charge in [-0.3, -0.25) is 9.59 Å². The van der Waals surface area contributed by atoms with Gasteiger partial charge < -0.3 is 14.6 Å². The summed E-state index contributed by atoms with van der Waals surface area (Å²) in [6.45, 7) is 5.65. The number of esters is 1. The molecule has 2 fully saturated rings. The lowest BCUT2D eigenvalue weighted by molar-refractivity contribution is -0.156. The van der Waals surface area contributed by atoms with Gasteiger partial charge in [0.15, 0.2) is 5.69 Å². The summed E-state index contributed by atoms with van der Waals surface area (Å²) in [6.07, 6.45) is 6.33. The van der Waals surface area contributed by atoms with Crippen LogP contribution in [-0.2, 0) is 9.53 Å². The van der Waals surface area contributed by atoms with Crippen molar-refractivity contribution >= 4 is 11.9 Å². The van der Waals surface area contributed by atoms with E-state index in [2.05, 4.69) is 10.5 Å². The van der Waals surface area contributed by atoms with Crippen LogP contribution in [0.4, 0.5) is 0 Å². The van der Waals surface area contributed by atoms with Gasteiger partial charge in [-0.05, 0) is 65.2 Å². The first-order chi connectivity index (χ1) is 11.8. The second kappa shape index (κ2) is 7.18. The monoisotopic (exact) mass is 348 g/mol. The minimum atomic E-state index is -0.431. The fraction of sp³-hybridized carbons (Fsp3) is 0.737. The van der Waals surface area contributed by atoms with E-state index in [4.69, 9.17) is 9.26 Å². The van der Waals surface area contributed by atoms with Gasteiger partial charge in [-0.25, -0.2) is 0 Å². The predicted octanol–water partition coefficient (Wildman–Crippen LogP) is 3.57. The molecule has 1 aromatic rings. The Morgan fingerprint density at radius 2 is 1.88 bits per heavy atom. The van der Waals surface area contributed by atoms with E-state index >= 15 is 0 Å². The summed E-state index contributed by atoms with van der Waals surface area (Å²) in [5.74, 6) is 1.33. The average molecular weight is 348 g/mol. The van der Waals surface area contributed by atoms with Crippen molar-refractivity contribution in [1.29, 1.82) is 0 Å². The highest BCUT2D eigenvalue weighted by atomic mass is 16.6. The fourth-order valence-corrected chi connectivity index (χ4v) is 3.35. The Bertz CT molecular complexity index is 620. The Morgan fingerprint density at radius 1 is 1.20 bits per heavy atom.